The van der Waals surface area contributed by atoms with Crippen LogP contribution in [0.2, 0.25) is 0 Å². The second-order valence-electron chi connectivity index (χ2n) is 6.91. The van der Waals surface area contributed by atoms with E-state index in [1.165, 1.54) is 0 Å². The van der Waals surface area contributed by atoms with Crippen molar-refractivity contribution in [3.63, 3.8) is 0 Å². The van der Waals surface area contributed by atoms with Gasteiger partial charge in [-0.1, -0.05) is 11.3 Å². The zero-order valence-electron chi connectivity index (χ0n) is 14.9. The van der Waals surface area contributed by atoms with Gasteiger partial charge in [-0.3, -0.25) is 9.48 Å². The standard InChI is InChI=1S/C19H23N5O2/c1-14(25)9-18-13-24(22-21-18)12-15-5-7-23(8-6-15)19(26)17-4-2-3-16(10-17)11-20/h2-4,10,13-15,25H,5-9,12H2,1H3/t14-/m1/s1. The van der Waals surface area contributed by atoms with Crippen molar-refractivity contribution < 1.29 is 9.90 Å². The van der Waals surface area contributed by atoms with E-state index in [4.69, 9.17) is 5.26 Å². The van der Waals surface area contributed by atoms with Crippen LogP contribution >= 0.6 is 0 Å². The van der Waals surface area contributed by atoms with E-state index in [9.17, 15) is 9.90 Å². The molecule has 1 fully saturated rings. The van der Waals surface area contributed by atoms with Gasteiger partial charge < -0.3 is 10.0 Å². The van der Waals surface area contributed by atoms with Crippen molar-refractivity contribution in [2.75, 3.05) is 13.1 Å². The Morgan fingerprint density at radius 3 is 2.88 bits per heavy atom. The van der Waals surface area contributed by atoms with Crippen LogP contribution in [-0.4, -0.2) is 50.1 Å². The maximum absolute atomic E-state index is 12.6. The molecule has 0 bridgehead atoms. The van der Waals surface area contributed by atoms with Crippen LogP contribution < -0.4 is 0 Å². The second-order valence-corrected chi connectivity index (χ2v) is 6.91. The highest BCUT2D eigenvalue weighted by atomic mass is 16.3. The maximum Gasteiger partial charge on any atom is 0.253 e. The fourth-order valence-electron chi connectivity index (χ4n) is 3.31. The molecule has 1 aromatic heterocycles. The Morgan fingerprint density at radius 1 is 1.42 bits per heavy atom. The minimum atomic E-state index is -0.422. The van der Waals surface area contributed by atoms with Crippen LogP contribution in [0, 0.1) is 17.2 Å². The first-order valence-corrected chi connectivity index (χ1v) is 8.91. The molecule has 1 aromatic carbocycles. The molecule has 136 valence electrons. The number of piperidine rings is 1. The van der Waals surface area contributed by atoms with E-state index in [1.807, 2.05) is 15.8 Å². The van der Waals surface area contributed by atoms with Gasteiger partial charge in [0, 0.05) is 37.8 Å². The number of hydrogen-bond acceptors (Lipinski definition) is 5. The number of aromatic nitrogens is 3. The largest absolute Gasteiger partial charge is 0.393 e. The Kier molecular flexibility index (Phi) is 5.64. The number of carbonyl (C=O) groups is 1. The number of hydrogen-bond donors (Lipinski definition) is 1. The average Bonchev–Trinajstić information content (AvgIpc) is 3.08. The van der Waals surface area contributed by atoms with Crippen molar-refractivity contribution in [2.45, 2.75) is 38.8 Å². The summed E-state index contributed by atoms with van der Waals surface area (Å²) in [6.45, 7) is 3.92. The Morgan fingerprint density at radius 2 is 2.19 bits per heavy atom. The average molecular weight is 353 g/mol. The van der Waals surface area contributed by atoms with E-state index < -0.39 is 6.10 Å². The summed E-state index contributed by atoms with van der Waals surface area (Å²) in [5.41, 5.74) is 1.87. The van der Waals surface area contributed by atoms with E-state index in [2.05, 4.69) is 16.4 Å². The lowest BCUT2D eigenvalue weighted by Crippen LogP contribution is -2.39. The van der Waals surface area contributed by atoms with E-state index in [0.717, 1.165) is 25.1 Å². The number of amides is 1. The third-order valence-electron chi connectivity index (χ3n) is 4.68. The number of carbonyl (C=O) groups excluding carboxylic acids is 1. The molecule has 7 heteroatoms. The molecule has 0 saturated carbocycles. The van der Waals surface area contributed by atoms with Gasteiger partial charge >= 0.3 is 0 Å². The summed E-state index contributed by atoms with van der Waals surface area (Å²) in [4.78, 5) is 14.5. The predicted molar refractivity (Wildman–Crippen MR) is 95.2 cm³/mol. The molecule has 26 heavy (non-hydrogen) atoms. The summed E-state index contributed by atoms with van der Waals surface area (Å²) in [5.74, 6) is 0.436. The molecule has 1 amide bonds. The lowest BCUT2D eigenvalue weighted by molar-refractivity contribution is 0.0681. The zero-order valence-corrected chi connectivity index (χ0v) is 14.9. The normalized spacial score (nSPS) is 16.3. The van der Waals surface area contributed by atoms with Crippen LogP contribution in [0.4, 0.5) is 0 Å². The first-order chi connectivity index (χ1) is 12.5. The number of benzene rings is 1. The fourth-order valence-corrected chi connectivity index (χ4v) is 3.31. The molecular weight excluding hydrogens is 330 g/mol. The second kappa shape index (κ2) is 8.11. The van der Waals surface area contributed by atoms with Crippen molar-refractivity contribution in [1.82, 2.24) is 19.9 Å². The highest BCUT2D eigenvalue weighted by molar-refractivity contribution is 5.94. The van der Waals surface area contributed by atoms with E-state index in [0.29, 0.717) is 36.6 Å². The third-order valence-corrected chi connectivity index (χ3v) is 4.68. The topological polar surface area (TPSA) is 95.0 Å². The Hall–Kier alpha value is -2.72. The number of aliphatic hydroxyl groups excluding tert-OH is 1. The highest BCUT2D eigenvalue weighted by Crippen LogP contribution is 2.21. The summed E-state index contributed by atoms with van der Waals surface area (Å²) in [6, 6.07) is 8.92. The predicted octanol–water partition coefficient (Wildman–Crippen LogP) is 1.63. The number of likely N-dealkylation sites (tertiary alicyclic amines) is 1. The summed E-state index contributed by atoms with van der Waals surface area (Å²) in [5, 5.41) is 26.6. The molecule has 1 aliphatic heterocycles. The molecule has 1 aliphatic rings. The monoisotopic (exact) mass is 353 g/mol. The van der Waals surface area contributed by atoms with Crippen molar-refractivity contribution in [3.05, 3.63) is 47.3 Å². The number of aliphatic hydroxyl groups is 1. The van der Waals surface area contributed by atoms with Crippen molar-refractivity contribution in [2.24, 2.45) is 5.92 Å². The van der Waals surface area contributed by atoms with Gasteiger partial charge in [0.05, 0.1) is 23.4 Å². The van der Waals surface area contributed by atoms with Gasteiger partial charge in [-0.15, -0.1) is 5.10 Å². The molecule has 2 aromatic rings. The molecule has 2 heterocycles. The molecule has 0 spiro atoms. The summed E-state index contributed by atoms with van der Waals surface area (Å²) in [6.07, 6.45) is 3.80. The van der Waals surface area contributed by atoms with Crippen LogP contribution in [0.25, 0.3) is 0 Å². The Labute approximate surface area is 152 Å². The van der Waals surface area contributed by atoms with E-state index in [1.54, 1.807) is 31.2 Å². The molecule has 0 aliphatic carbocycles. The van der Waals surface area contributed by atoms with Gasteiger partial charge in [-0.2, -0.15) is 5.26 Å². The quantitative estimate of drug-likeness (QED) is 0.881. The van der Waals surface area contributed by atoms with Gasteiger partial charge in [0.2, 0.25) is 0 Å². The van der Waals surface area contributed by atoms with Crippen LogP contribution in [0.1, 0.15) is 41.4 Å². The van der Waals surface area contributed by atoms with Gasteiger partial charge in [0.25, 0.3) is 5.91 Å². The Bertz CT molecular complexity index is 800. The molecular formula is C19H23N5O2. The summed E-state index contributed by atoms with van der Waals surface area (Å²) < 4.78 is 1.83. The van der Waals surface area contributed by atoms with Crippen molar-refractivity contribution in [3.8, 4) is 6.07 Å². The first kappa shape index (κ1) is 18.1. The van der Waals surface area contributed by atoms with Gasteiger partial charge in [-0.25, -0.2) is 0 Å². The highest BCUT2D eigenvalue weighted by Gasteiger charge is 2.24. The van der Waals surface area contributed by atoms with Crippen LogP contribution in [0.15, 0.2) is 30.5 Å². The van der Waals surface area contributed by atoms with Gasteiger partial charge in [0.1, 0.15) is 0 Å². The first-order valence-electron chi connectivity index (χ1n) is 8.91. The molecule has 0 unspecified atom stereocenters. The van der Waals surface area contributed by atoms with Crippen LogP contribution in [0.3, 0.4) is 0 Å². The molecule has 0 radical (unpaired) electrons. The number of nitrogens with zero attached hydrogens (tertiary/aromatic N) is 5. The molecule has 1 N–H and O–H groups in total. The van der Waals surface area contributed by atoms with Crippen molar-refractivity contribution >= 4 is 5.91 Å². The molecule has 1 saturated heterocycles. The molecule has 3 rings (SSSR count). The smallest absolute Gasteiger partial charge is 0.253 e. The summed E-state index contributed by atoms with van der Waals surface area (Å²) in [7, 11) is 0. The lowest BCUT2D eigenvalue weighted by atomic mass is 9.96. The summed E-state index contributed by atoms with van der Waals surface area (Å²) >= 11 is 0. The maximum atomic E-state index is 12.6. The third kappa shape index (κ3) is 4.46. The number of nitriles is 1. The zero-order chi connectivity index (χ0) is 18.5. The SMILES string of the molecule is C[C@@H](O)Cc1cn(CC2CCN(C(=O)c3cccc(C#N)c3)CC2)nn1. The van der Waals surface area contributed by atoms with Crippen LogP contribution in [-0.2, 0) is 13.0 Å². The van der Waals surface area contributed by atoms with Gasteiger partial charge in [-0.05, 0) is 43.9 Å². The minimum absolute atomic E-state index is 0.0134. The van der Waals surface area contributed by atoms with Crippen LogP contribution in [0.5, 0.6) is 0 Å². The minimum Gasteiger partial charge on any atom is -0.393 e. The lowest BCUT2D eigenvalue weighted by Gasteiger charge is -2.32. The van der Waals surface area contributed by atoms with Crippen molar-refractivity contribution in [1.29, 1.82) is 5.26 Å². The molecule has 7 nitrogen and oxygen atoms in total. The van der Waals surface area contributed by atoms with E-state index >= 15 is 0 Å². The Balaban J connectivity index is 1.53. The fraction of sp³-hybridized carbons (Fsp3) is 0.474. The van der Waals surface area contributed by atoms with E-state index in [-0.39, 0.29) is 5.91 Å². The molecule has 1 atom stereocenters. The van der Waals surface area contributed by atoms with Gasteiger partial charge in [0.15, 0.2) is 0 Å². The number of rotatable bonds is 5.